The minimum absolute atomic E-state index is 0.00893. The molecule has 0 saturated carbocycles. The predicted molar refractivity (Wildman–Crippen MR) is 95.6 cm³/mol. The monoisotopic (exact) mass is 360 g/mol. The molecule has 130 valence electrons. The van der Waals surface area contributed by atoms with E-state index in [9.17, 15) is 9.18 Å². The summed E-state index contributed by atoms with van der Waals surface area (Å²) in [6.07, 6.45) is 1.21. The van der Waals surface area contributed by atoms with Crippen LogP contribution in [0.5, 0.6) is 0 Å². The van der Waals surface area contributed by atoms with Crippen LogP contribution < -0.4 is 16.3 Å². The first-order valence-electron chi connectivity index (χ1n) is 7.91. The molecule has 1 amide bonds. The zero-order chi connectivity index (χ0) is 17.8. The van der Waals surface area contributed by atoms with Gasteiger partial charge < -0.3 is 0 Å². The van der Waals surface area contributed by atoms with E-state index in [0.717, 1.165) is 5.56 Å². The van der Waals surface area contributed by atoms with Crippen LogP contribution in [0, 0.1) is 11.7 Å². The summed E-state index contributed by atoms with van der Waals surface area (Å²) in [7, 11) is 0. The second-order valence-corrected chi connectivity index (χ2v) is 6.29. The number of rotatable bonds is 4. The number of hydrogen-bond donors (Lipinski definition) is 3. The molecule has 3 rings (SSSR count). The van der Waals surface area contributed by atoms with Gasteiger partial charge in [-0.1, -0.05) is 54.9 Å². The van der Waals surface area contributed by atoms with Crippen molar-refractivity contribution in [3.63, 3.8) is 0 Å². The molecule has 2 aromatic rings. The van der Waals surface area contributed by atoms with Gasteiger partial charge in [0.15, 0.2) is 0 Å². The Morgan fingerprint density at radius 3 is 2.68 bits per heavy atom. The van der Waals surface area contributed by atoms with Crippen molar-refractivity contribution in [2.45, 2.75) is 19.0 Å². The van der Waals surface area contributed by atoms with Crippen LogP contribution in [0.4, 0.5) is 4.39 Å². The molecule has 1 aliphatic heterocycles. The number of amides is 1. The van der Waals surface area contributed by atoms with E-state index >= 15 is 0 Å². The summed E-state index contributed by atoms with van der Waals surface area (Å²) in [4.78, 5) is 12.3. The standard InChI is InChI=1S/C18H18ClFN4O/c1-11-16(12-6-3-2-4-7-12)22-23-17(11)18(25)24-21-10-13-14(19)8-5-9-15(13)20/h2-11,16-17,22-23H,1H3,(H,24,25)/b21-10+. The lowest BCUT2D eigenvalue weighted by Crippen LogP contribution is -2.43. The second kappa shape index (κ2) is 7.74. The topological polar surface area (TPSA) is 65.5 Å². The van der Waals surface area contributed by atoms with E-state index in [1.165, 1.54) is 18.3 Å². The lowest BCUT2D eigenvalue weighted by Gasteiger charge is -2.17. The van der Waals surface area contributed by atoms with Crippen molar-refractivity contribution in [2.24, 2.45) is 11.0 Å². The van der Waals surface area contributed by atoms with Gasteiger partial charge in [0, 0.05) is 11.5 Å². The fourth-order valence-corrected chi connectivity index (χ4v) is 3.06. The molecule has 2 aromatic carbocycles. The molecular formula is C18H18ClFN4O. The number of hydrazine groups is 1. The highest BCUT2D eigenvalue weighted by Crippen LogP contribution is 2.28. The third-order valence-corrected chi connectivity index (χ3v) is 4.58. The highest BCUT2D eigenvalue weighted by atomic mass is 35.5. The Bertz CT molecular complexity index is 764. The molecule has 3 atom stereocenters. The summed E-state index contributed by atoms with van der Waals surface area (Å²) < 4.78 is 13.7. The highest BCUT2D eigenvalue weighted by Gasteiger charge is 2.37. The molecule has 3 unspecified atom stereocenters. The van der Waals surface area contributed by atoms with E-state index in [-0.39, 0.29) is 28.5 Å². The molecule has 0 bridgehead atoms. The van der Waals surface area contributed by atoms with Gasteiger partial charge in [0.2, 0.25) is 0 Å². The van der Waals surface area contributed by atoms with Crippen LogP contribution in [0.1, 0.15) is 24.1 Å². The fraction of sp³-hybridized carbons (Fsp3) is 0.222. The Morgan fingerprint density at radius 2 is 1.96 bits per heavy atom. The van der Waals surface area contributed by atoms with Crippen molar-refractivity contribution >= 4 is 23.7 Å². The van der Waals surface area contributed by atoms with E-state index in [1.807, 2.05) is 37.3 Å². The van der Waals surface area contributed by atoms with Gasteiger partial charge in [-0.2, -0.15) is 5.10 Å². The van der Waals surface area contributed by atoms with Crippen LogP contribution >= 0.6 is 11.6 Å². The third kappa shape index (κ3) is 3.87. The molecule has 0 aliphatic carbocycles. The Hall–Kier alpha value is -2.28. The van der Waals surface area contributed by atoms with Gasteiger partial charge in [0.1, 0.15) is 11.9 Å². The minimum atomic E-state index is -0.497. The van der Waals surface area contributed by atoms with E-state index < -0.39 is 11.9 Å². The number of nitrogens with zero attached hydrogens (tertiary/aromatic N) is 1. The first-order valence-corrected chi connectivity index (χ1v) is 8.28. The Balaban J connectivity index is 1.63. The van der Waals surface area contributed by atoms with Gasteiger partial charge in [0.25, 0.3) is 5.91 Å². The van der Waals surface area contributed by atoms with E-state index in [0.29, 0.717) is 0 Å². The Labute approximate surface area is 150 Å². The number of benzene rings is 2. The summed E-state index contributed by atoms with van der Waals surface area (Å²) in [5.41, 5.74) is 9.79. The minimum Gasteiger partial charge on any atom is -0.271 e. The average Bonchev–Trinajstić information content (AvgIpc) is 3.00. The van der Waals surface area contributed by atoms with Crippen LogP contribution in [0.2, 0.25) is 5.02 Å². The van der Waals surface area contributed by atoms with Crippen molar-refractivity contribution in [2.75, 3.05) is 0 Å². The van der Waals surface area contributed by atoms with Crippen LogP contribution in [-0.2, 0) is 4.79 Å². The third-order valence-electron chi connectivity index (χ3n) is 4.26. The molecule has 3 N–H and O–H groups in total. The van der Waals surface area contributed by atoms with Crippen LogP contribution in [0.25, 0.3) is 0 Å². The summed E-state index contributed by atoms with van der Waals surface area (Å²) >= 11 is 5.92. The largest absolute Gasteiger partial charge is 0.271 e. The molecule has 0 radical (unpaired) electrons. The Morgan fingerprint density at radius 1 is 1.20 bits per heavy atom. The maximum atomic E-state index is 13.7. The fourth-order valence-electron chi connectivity index (χ4n) is 2.85. The first kappa shape index (κ1) is 17.5. The zero-order valence-electron chi connectivity index (χ0n) is 13.5. The number of halogens is 2. The zero-order valence-corrected chi connectivity index (χ0v) is 14.3. The summed E-state index contributed by atoms with van der Waals surface area (Å²) in [6, 6.07) is 13.8. The normalized spacial score (nSPS) is 23.1. The van der Waals surface area contributed by atoms with Gasteiger partial charge in [-0.05, 0) is 17.7 Å². The van der Waals surface area contributed by atoms with Crippen molar-refractivity contribution in [1.29, 1.82) is 0 Å². The smallest absolute Gasteiger partial charge is 0.258 e. The molecule has 7 heteroatoms. The van der Waals surface area contributed by atoms with Gasteiger partial charge in [-0.15, -0.1) is 0 Å². The molecular weight excluding hydrogens is 343 g/mol. The molecule has 1 aliphatic rings. The van der Waals surface area contributed by atoms with Crippen LogP contribution in [0.15, 0.2) is 53.6 Å². The maximum absolute atomic E-state index is 13.7. The molecule has 1 heterocycles. The lowest BCUT2D eigenvalue weighted by atomic mass is 9.91. The van der Waals surface area contributed by atoms with Crippen molar-refractivity contribution in [1.82, 2.24) is 16.3 Å². The van der Waals surface area contributed by atoms with E-state index in [2.05, 4.69) is 21.4 Å². The van der Waals surface area contributed by atoms with Crippen LogP contribution in [0.3, 0.4) is 0 Å². The van der Waals surface area contributed by atoms with Crippen molar-refractivity contribution in [3.05, 3.63) is 70.5 Å². The predicted octanol–water partition coefficient (Wildman–Crippen LogP) is 2.78. The molecule has 0 aromatic heterocycles. The Kier molecular flexibility index (Phi) is 5.43. The molecule has 1 fully saturated rings. The molecule has 25 heavy (non-hydrogen) atoms. The molecule has 5 nitrogen and oxygen atoms in total. The summed E-state index contributed by atoms with van der Waals surface area (Å²) in [5.74, 6) is -0.791. The van der Waals surface area contributed by atoms with Crippen molar-refractivity contribution in [3.8, 4) is 0 Å². The number of hydrogen-bond acceptors (Lipinski definition) is 4. The van der Waals surface area contributed by atoms with Crippen LogP contribution in [-0.4, -0.2) is 18.2 Å². The first-order chi connectivity index (χ1) is 12.1. The number of carbonyl (C=O) groups excluding carboxylic acids is 1. The maximum Gasteiger partial charge on any atom is 0.258 e. The highest BCUT2D eigenvalue weighted by molar-refractivity contribution is 6.33. The van der Waals surface area contributed by atoms with E-state index in [1.54, 1.807) is 6.07 Å². The van der Waals surface area contributed by atoms with E-state index in [4.69, 9.17) is 11.6 Å². The van der Waals surface area contributed by atoms with Gasteiger partial charge in [-0.25, -0.2) is 20.7 Å². The van der Waals surface area contributed by atoms with Gasteiger partial charge >= 0.3 is 0 Å². The lowest BCUT2D eigenvalue weighted by molar-refractivity contribution is -0.123. The summed E-state index contributed by atoms with van der Waals surface area (Å²) in [6.45, 7) is 1.98. The number of nitrogens with one attached hydrogen (secondary N) is 3. The molecule has 0 spiro atoms. The average molecular weight is 361 g/mol. The number of hydrazone groups is 1. The quantitative estimate of drug-likeness (QED) is 0.580. The summed E-state index contributed by atoms with van der Waals surface area (Å²) in [5, 5.41) is 4.06. The van der Waals surface area contributed by atoms with Gasteiger partial charge in [0.05, 0.1) is 17.3 Å². The SMILES string of the molecule is CC1C(C(=O)N/N=C/c2c(F)cccc2Cl)NNC1c1ccccc1. The van der Waals surface area contributed by atoms with Crippen molar-refractivity contribution < 1.29 is 9.18 Å². The second-order valence-electron chi connectivity index (χ2n) is 5.88. The molecule has 1 saturated heterocycles. The van der Waals surface area contributed by atoms with Gasteiger partial charge in [-0.3, -0.25) is 4.79 Å². The number of carbonyl (C=O) groups is 1.